The second kappa shape index (κ2) is 2.16. The quantitative estimate of drug-likeness (QED) is 0.523. The molecule has 0 aliphatic carbocycles. The maximum atomic E-state index is 3.26. The largest absolute Gasteiger partial charge is 0.361 e. The zero-order valence-corrected chi connectivity index (χ0v) is 6.81. The average molecular weight is 143 g/mol. The van der Waals surface area contributed by atoms with Crippen LogP contribution in [0.15, 0.2) is 24.4 Å². The zero-order chi connectivity index (χ0) is 7.84. The minimum absolute atomic E-state index is 1.27. The summed E-state index contributed by atoms with van der Waals surface area (Å²) < 4.78 is 0. The van der Waals surface area contributed by atoms with Gasteiger partial charge in [-0.3, -0.25) is 0 Å². The lowest BCUT2D eigenvalue weighted by Gasteiger charge is -1.94. The van der Waals surface area contributed by atoms with E-state index in [2.05, 4.69) is 44.1 Å². The minimum Gasteiger partial charge on any atom is -0.361 e. The van der Waals surface area contributed by atoms with Gasteiger partial charge in [0.15, 0.2) is 0 Å². The number of aryl methyl sites for hydroxylation is 1. The summed E-state index contributed by atoms with van der Waals surface area (Å²) in [5, 5.41) is 1.34. The van der Waals surface area contributed by atoms with Gasteiger partial charge in [-0.1, -0.05) is 23.7 Å². The molecule has 0 aliphatic heterocycles. The molecule has 2 rings (SSSR count). The molecule has 0 spiro atoms. The van der Waals surface area contributed by atoms with Crippen LogP contribution in [0.3, 0.4) is 0 Å². The Bertz CT molecular complexity index is 389. The van der Waals surface area contributed by atoms with E-state index in [-0.39, 0.29) is 0 Å². The summed E-state index contributed by atoms with van der Waals surface area (Å²) in [5.41, 5.74) is 3.91. The normalized spacial score (nSPS) is 10.6. The number of rotatable bonds is 0. The number of nitrogens with one attached hydrogen (secondary N) is 1. The molecule has 1 heterocycles. The first-order chi connectivity index (χ1) is 5.29. The number of hydrogen-bond acceptors (Lipinski definition) is 0. The van der Waals surface area contributed by atoms with Crippen LogP contribution in [0, 0.1) is 6.92 Å². The van der Waals surface area contributed by atoms with Gasteiger partial charge < -0.3 is 4.98 Å². The van der Waals surface area contributed by atoms with Gasteiger partial charge in [-0.25, -0.2) is 0 Å². The van der Waals surface area contributed by atoms with E-state index in [0.29, 0.717) is 0 Å². The molecule has 54 valence electrons. The summed E-state index contributed by atoms with van der Waals surface area (Å²) in [6, 6.07) is 6.37. The SMILES string of the molecule is Bc1cccc2c(C)c[nH]c12. The molecule has 0 unspecified atom stereocenters. The molecule has 11 heavy (non-hydrogen) atoms. The van der Waals surface area contributed by atoms with Crippen LogP contribution in [0.2, 0.25) is 0 Å². The van der Waals surface area contributed by atoms with Crippen LogP contribution in [0.25, 0.3) is 10.9 Å². The highest BCUT2D eigenvalue weighted by Gasteiger charge is 1.99. The lowest BCUT2D eigenvalue weighted by atomic mass is 9.93. The Morgan fingerprint density at radius 2 is 2.18 bits per heavy atom. The third-order valence-electron chi connectivity index (χ3n) is 2.13. The topological polar surface area (TPSA) is 15.8 Å². The maximum absolute atomic E-state index is 3.26. The molecule has 1 aromatic heterocycles. The molecule has 0 amide bonds. The summed E-state index contributed by atoms with van der Waals surface area (Å²) in [6.45, 7) is 2.12. The van der Waals surface area contributed by atoms with Gasteiger partial charge in [-0.15, -0.1) is 0 Å². The first kappa shape index (κ1) is 6.53. The van der Waals surface area contributed by atoms with E-state index < -0.39 is 0 Å². The van der Waals surface area contributed by atoms with Crippen molar-refractivity contribution in [2.45, 2.75) is 6.92 Å². The summed E-state index contributed by atoms with van der Waals surface area (Å²) >= 11 is 0. The van der Waals surface area contributed by atoms with Gasteiger partial charge in [-0.05, 0) is 12.5 Å². The molecule has 0 saturated heterocycles. The average Bonchev–Trinajstić information content (AvgIpc) is 2.35. The molecular formula is C9H10BN. The van der Waals surface area contributed by atoms with Crippen molar-refractivity contribution in [3.8, 4) is 0 Å². The Kier molecular flexibility index (Phi) is 1.28. The standard InChI is InChI=1S/C9H10BN/c1-6-5-11-9-7(6)3-2-4-8(9)10/h2-5,11H,10H2,1H3. The third-order valence-corrected chi connectivity index (χ3v) is 2.13. The Balaban J connectivity index is 2.94. The van der Waals surface area contributed by atoms with Crippen LogP contribution in [-0.4, -0.2) is 12.8 Å². The number of benzene rings is 1. The van der Waals surface area contributed by atoms with Crippen molar-refractivity contribution in [2.75, 3.05) is 0 Å². The predicted molar refractivity (Wildman–Crippen MR) is 51.2 cm³/mol. The van der Waals surface area contributed by atoms with Gasteiger partial charge in [0.25, 0.3) is 0 Å². The van der Waals surface area contributed by atoms with Crippen LogP contribution in [0.1, 0.15) is 5.56 Å². The Morgan fingerprint density at radius 1 is 1.36 bits per heavy atom. The molecule has 0 atom stereocenters. The van der Waals surface area contributed by atoms with Gasteiger partial charge >= 0.3 is 0 Å². The Morgan fingerprint density at radius 3 is 2.91 bits per heavy atom. The first-order valence-corrected chi connectivity index (χ1v) is 3.82. The Hall–Kier alpha value is -1.18. The van der Waals surface area contributed by atoms with Crippen molar-refractivity contribution >= 4 is 24.2 Å². The molecule has 1 nitrogen and oxygen atoms in total. The maximum Gasteiger partial charge on any atom is 0.142 e. The first-order valence-electron chi connectivity index (χ1n) is 3.82. The molecule has 0 aliphatic rings. The predicted octanol–water partition coefficient (Wildman–Crippen LogP) is 0.735. The molecule has 0 bridgehead atoms. The fourth-order valence-corrected chi connectivity index (χ4v) is 1.45. The van der Waals surface area contributed by atoms with E-state index in [9.17, 15) is 0 Å². The van der Waals surface area contributed by atoms with Gasteiger partial charge in [0, 0.05) is 17.1 Å². The monoisotopic (exact) mass is 143 g/mol. The van der Waals surface area contributed by atoms with Crippen LogP contribution >= 0.6 is 0 Å². The molecule has 2 heteroatoms. The van der Waals surface area contributed by atoms with E-state index in [4.69, 9.17) is 0 Å². The molecule has 0 saturated carbocycles. The smallest absolute Gasteiger partial charge is 0.142 e. The third kappa shape index (κ3) is 0.863. The molecule has 2 aromatic rings. The van der Waals surface area contributed by atoms with Gasteiger partial charge in [-0.2, -0.15) is 0 Å². The number of para-hydroxylation sites is 1. The lowest BCUT2D eigenvalue weighted by Crippen LogP contribution is -2.01. The van der Waals surface area contributed by atoms with Crippen molar-refractivity contribution in [2.24, 2.45) is 0 Å². The van der Waals surface area contributed by atoms with E-state index in [0.717, 1.165) is 0 Å². The van der Waals surface area contributed by atoms with Crippen LogP contribution in [0.4, 0.5) is 0 Å². The Labute approximate surface area is 66.8 Å². The highest BCUT2D eigenvalue weighted by molar-refractivity contribution is 6.38. The minimum atomic E-state index is 1.27. The summed E-state index contributed by atoms with van der Waals surface area (Å²) in [4.78, 5) is 3.26. The number of aromatic nitrogens is 1. The number of hydrogen-bond donors (Lipinski definition) is 1. The summed E-state index contributed by atoms with van der Waals surface area (Å²) in [6.07, 6.45) is 2.05. The zero-order valence-electron chi connectivity index (χ0n) is 6.81. The number of fused-ring (bicyclic) bond motifs is 1. The summed E-state index contributed by atoms with van der Waals surface area (Å²) in [7, 11) is 2.12. The highest BCUT2D eigenvalue weighted by atomic mass is 14.7. The fourth-order valence-electron chi connectivity index (χ4n) is 1.45. The second-order valence-electron chi connectivity index (χ2n) is 2.97. The van der Waals surface area contributed by atoms with Crippen molar-refractivity contribution < 1.29 is 0 Å². The van der Waals surface area contributed by atoms with Gasteiger partial charge in [0.2, 0.25) is 0 Å². The highest BCUT2D eigenvalue weighted by Crippen LogP contribution is 2.13. The van der Waals surface area contributed by atoms with Crippen LogP contribution in [-0.2, 0) is 0 Å². The number of aromatic amines is 1. The van der Waals surface area contributed by atoms with Crippen molar-refractivity contribution in [1.82, 2.24) is 4.98 Å². The molecular weight excluding hydrogens is 133 g/mol. The van der Waals surface area contributed by atoms with Crippen LogP contribution in [0.5, 0.6) is 0 Å². The lowest BCUT2D eigenvalue weighted by molar-refractivity contribution is 1.43. The molecule has 0 radical (unpaired) electrons. The molecule has 1 N–H and O–H groups in total. The van der Waals surface area contributed by atoms with E-state index in [1.807, 2.05) is 0 Å². The van der Waals surface area contributed by atoms with Crippen molar-refractivity contribution in [3.63, 3.8) is 0 Å². The van der Waals surface area contributed by atoms with E-state index in [1.54, 1.807) is 0 Å². The van der Waals surface area contributed by atoms with Crippen molar-refractivity contribution in [1.29, 1.82) is 0 Å². The fraction of sp³-hybridized carbons (Fsp3) is 0.111. The molecule has 0 fully saturated rings. The summed E-state index contributed by atoms with van der Waals surface area (Å²) in [5.74, 6) is 0. The van der Waals surface area contributed by atoms with Crippen LogP contribution < -0.4 is 5.46 Å². The van der Waals surface area contributed by atoms with Gasteiger partial charge in [0.1, 0.15) is 7.85 Å². The van der Waals surface area contributed by atoms with Crippen molar-refractivity contribution in [3.05, 3.63) is 30.0 Å². The number of H-pyrrole nitrogens is 1. The van der Waals surface area contributed by atoms with E-state index in [1.165, 1.54) is 21.9 Å². The molecule has 1 aromatic carbocycles. The second-order valence-corrected chi connectivity index (χ2v) is 2.97. The van der Waals surface area contributed by atoms with Gasteiger partial charge in [0.05, 0.1) is 0 Å². The van der Waals surface area contributed by atoms with E-state index >= 15 is 0 Å².